The van der Waals surface area contributed by atoms with E-state index in [0.29, 0.717) is 16.6 Å². The van der Waals surface area contributed by atoms with E-state index in [1.165, 1.54) is 0 Å². The van der Waals surface area contributed by atoms with Gasteiger partial charge in [0.05, 0.1) is 4.47 Å². The molecule has 2 aromatic rings. The van der Waals surface area contributed by atoms with Crippen LogP contribution in [0.1, 0.15) is 5.56 Å². The largest absolute Gasteiger partial charge is 0.326 e. The van der Waals surface area contributed by atoms with Crippen LogP contribution in [0.5, 0.6) is 0 Å². The van der Waals surface area contributed by atoms with Gasteiger partial charge in [0.25, 0.3) is 0 Å². The Bertz CT molecular complexity index is 499. The van der Waals surface area contributed by atoms with E-state index in [4.69, 9.17) is 5.73 Å². The summed E-state index contributed by atoms with van der Waals surface area (Å²) in [6, 6.07) is 12.9. The molecule has 0 radical (unpaired) electrons. The Morgan fingerprint density at radius 2 is 1.71 bits per heavy atom. The van der Waals surface area contributed by atoms with Gasteiger partial charge in [-0.3, -0.25) is 0 Å². The molecule has 0 atom stereocenters. The fourth-order valence-corrected chi connectivity index (χ4v) is 1.91. The first kappa shape index (κ1) is 14.2. The van der Waals surface area contributed by atoms with Crippen LogP contribution in [0, 0.1) is 5.82 Å². The average Bonchev–Trinajstić information content (AvgIpc) is 2.33. The molecule has 0 bridgehead atoms. The van der Waals surface area contributed by atoms with Crippen LogP contribution in [0.25, 0.3) is 11.1 Å². The van der Waals surface area contributed by atoms with Crippen molar-refractivity contribution in [2.75, 3.05) is 0 Å². The molecule has 0 saturated carbocycles. The van der Waals surface area contributed by atoms with Crippen LogP contribution >= 0.6 is 28.3 Å². The fourth-order valence-electron chi connectivity index (χ4n) is 1.55. The Morgan fingerprint density at radius 1 is 1.06 bits per heavy atom. The Morgan fingerprint density at radius 3 is 2.29 bits per heavy atom. The third-order valence-corrected chi connectivity index (χ3v) is 3.06. The van der Waals surface area contributed by atoms with Gasteiger partial charge in [-0.15, -0.1) is 12.4 Å². The van der Waals surface area contributed by atoms with Gasteiger partial charge in [0, 0.05) is 12.1 Å². The maximum atomic E-state index is 13.8. The molecule has 0 spiro atoms. The molecule has 4 heteroatoms. The highest BCUT2D eigenvalue weighted by molar-refractivity contribution is 9.10. The van der Waals surface area contributed by atoms with Crippen LogP contribution in [0.15, 0.2) is 46.9 Å². The molecule has 0 saturated heterocycles. The highest BCUT2D eigenvalue weighted by Gasteiger charge is 2.07. The molecule has 2 rings (SSSR count). The molecule has 0 fully saturated rings. The quantitative estimate of drug-likeness (QED) is 0.885. The van der Waals surface area contributed by atoms with Crippen molar-refractivity contribution in [2.45, 2.75) is 6.54 Å². The van der Waals surface area contributed by atoms with Gasteiger partial charge in [0.2, 0.25) is 0 Å². The average molecular weight is 317 g/mol. The van der Waals surface area contributed by atoms with Crippen molar-refractivity contribution < 1.29 is 4.39 Å². The molecule has 0 amide bonds. The van der Waals surface area contributed by atoms with Crippen LogP contribution in [0.4, 0.5) is 4.39 Å². The molecule has 1 nitrogen and oxygen atoms in total. The highest BCUT2D eigenvalue weighted by atomic mass is 79.9. The highest BCUT2D eigenvalue weighted by Crippen LogP contribution is 2.27. The lowest BCUT2D eigenvalue weighted by Crippen LogP contribution is -1.95. The van der Waals surface area contributed by atoms with E-state index in [9.17, 15) is 4.39 Å². The molecule has 0 aliphatic carbocycles. The van der Waals surface area contributed by atoms with Gasteiger partial charge in [-0.05, 0) is 33.1 Å². The van der Waals surface area contributed by atoms with Crippen LogP contribution in [0.2, 0.25) is 0 Å². The van der Waals surface area contributed by atoms with Crippen LogP contribution < -0.4 is 5.73 Å². The van der Waals surface area contributed by atoms with Gasteiger partial charge in [0.1, 0.15) is 5.82 Å². The van der Waals surface area contributed by atoms with Crippen molar-refractivity contribution in [3.05, 3.63) is 58.3 Å². The monoisotopic (exact) mass is 315 g/mol. The summed E-state index contributed by atoms with van der Waals surface area (Å²) in [4.78, 5) is 0. The Hall–Kier alpha value is -0.900. The van der Waals surface area contributed by atoms with Crippen molar-refractivity contribution in [2.24, 2.45) is 5.73 Å². The Balaban J connectivity index is 0.00000144. The summed E-state index contributed by atoms with van der Waals surface area (Å²) >= 11 is 3.18. The van der Waals surface area contributed by atoms with Gasteiger partial charge in [-0.2, -0.15) is 0 Å². The minimum atomic E-state index is -0.233. The van der Waals surface area contributed by atoms with E-state index in [1.54, 1.807) is 12.1 Å². The zero-order valence-corrected chi connectivity index (χ0v) is 11.4. The zero-order valence-electron chi connectivity index (χ0n) is 8.99. The predicted molar refractivity (Wildman–Crippen MR) is 74.7 cm³/mol. The first-order valence-corrected chi connectivity index (χ1v) is 5.75. The van der Waals surface area contributed by atoms with E-state index in [2.05, 4.69) is 15.9 Å². The normalized spacial score (nSPS) is 9.82. The van der Waals surface area contributed by atoms with Crippen molar-refractivity contribution in [1.82, 2.24) is 0 Å². The molecule has 0 aliphatic rings. The van der Waals surface area contributed by atoms with E-state index in [1.807, 2.05) is 30.3 Å². The Labute approximate surface area is 114 Å². The number of nitrogens with two attached hydrogens (primary N) is 1. The fraction of sp³-hybridized carbons (Fsp3) is 0.0769. The molecule has 0 unspecified atom stereocenters. The summed E-state index contributed by atoms with van der Waals surface area (Å²) in [6.45, 7) is 0.501. The smallest absolute Gasteiger partial charge is 0.145 e. The molecule has 17 heavy (non-hydrogen) atoms. The van der Waals surface area contributed by atoms with E-state index in [0.717, 1.165) is 11.1 Å². The third kappa shape index (κ3) is 3.06. The molecule has 0 heterocycles. The predicted octanol–water partition coefficient (Wildman–Crippen LogP) is 4.14. The summed E-state index contributed by atoms with van der Waals surface area (Å²) in [5, 5.41) is 0. The Kier molecular flexibility index (Phi) is 5.12. The zero-order chi connectivity index (χ0) is 11.5. The van der Waals surface area contributed by atoms with Gasteiger partial charge in [-0.1, -0.05) is 36.4 Å². The lowest BCUT2D eigenvalue weighted by atomic mass is 10.0. The third-order valence-electron chi connectivity index (χ3n) is 2.45. The lowest BCUT2D eigenvalue weighted by molar-refractivity contribution is 0.624. The van der Waals surface area contributed by atoms with Crippen molar-refractivity contribution in [3.63, 3.8) is 0 Å². The maximum absolute atomic E-state index is 13.8. The number of rotatable bonds is 2. The molecule has 0 aliphatic heterocycles. The summed E-state index contributed by atoms with van der Waals surface area (Å²) in [5.74, 6) is -0.233. The summed E-state index contributed by atoms with van der Waals surface area (Å²) in [6.07, 6.45) is 0. The molecular formula is C13H12BrClFN. The molecular weight excluding hydrogens is 305 g/mol. The first-order valence-electron chi connectivity index (χ1n) is 4.96. The number of halogens is 3. The van der Waals surface area contributed by atoms with Gasteiger partial charge in [0.15, 0.2) is 0 Å². The maximum Gasteiger partial charge on any atom is 0.145 e. The summed E-state index contributed by atoms with van der Waals surface area (Å²) in [7, 11) is 0. The molecule has 2 N–H and O–H groups in total. The molecule has 90 valence electrons. The van der Waals surface area contributed by atoms with Crippen molar-refractivity contribution >= 4 is 28.3 Å². The number of hydrogen-bond acceptors (Lipinski definition) is 1. The van der Waals surface area contributed by atoms with Gasteiger partial charge in [-0.25, -0.2) is 4.39 Å². The van der Waals surface area contributed by atoms with E-state index in [-0.39, 0.29) is 18.2 Å². The summed E-state index contributed by atoms with van der Waals surface area (Å²) in [5.41, 5.74) is 8.00. The standard InChI is InChI=1S/C13H11BrFN.ClH/c14-12-3-1-2-11(13(12)15)10-6-4-9(8-16)5-7-10;/h1-7H,8,16H2;1H. The van der Waals surface area contributed by atoms with Crippen LogP contribution in [0.3, 0.4) is 0 Å². The lowest BCUT2D eigenvalue weighted by Gasteiger charge is -2.05. The molecule has 2 aromatic carbocycles. The number of benzene rings is 2. The van der Waals surface area contributed by atoms with Gasteiger partial charge >= 0.3 is 0 Å². The van der Waals surface area contributed by atoms with Crippen LogP contribution in [-0.2, 0) is 6.54 Å². The second-order valence-electron chi connectivity index (χ2n) is 3.50. The first-order chi connectivity index (χ1) is 7.72. The topological polar surface area (TPSA) is 26.0 Å². The SMILES string of the molecule is Cl.NCc1ccc(-c2cccc(Br)c2F)cc1. The van der Waals surface area contributed by atoms with E-state index >= 15 is 0 Å². The number of hydrogen-bond donors (Lipinski definition) is 1. The minimum absolute atomic E-state index is 0. The van der Waals surface area contributed by atoms with Crippen LogP contribution in [-0.4, -0.2) is 0 Å². The van der Waals surface area contributed by atoms with Gasteiger partial charge < -0.3 is 5.73 Å². The van der Waals surface area contributed by atoms with Crippen molar-refractivity contribution in [1.29, 1.82) is 0 Å². The molecule has 0 aromatic heterocycles. The van der Waals surface area contributed by atoms with Crippen molar-refractivity contribution in [3.8, 4) is 11.1 Å². The van der Waals surface area contributed by atoms with E-state index < -0.39 is 0 Å². The summed E-state index contributed by atoms with van der Waals surface area (Å²) < 4.78 is 14.3. The second-order valence-corrected chi connectivity index (χ2v) is 4.36. The minimum Gasteiger partial charge on any atom is -0.326 e. The second kappa shape index (κ2) is 6.15.